The molecular formula is C6H9F3N2O. The van der Waals surface area contributed by atoms with E-state index in [4.69, 9.17) is 5.73 Å². The topological polar surface area (TPSA) is 55.1 Å². The van der Waals surface area contributed by atoms with Gasteiger partial charge in [-0.1, -0.05) is 0 Å². The van der Waals surface area contributed by atoms with E-state index in [1.165, 1.54) is 0 Å². The average molecular weight is 182 g/mol. The number of nitrogens with one attached hydrogen (secondary N) is 1. The molecule has 0 bridgehead atoms. The van der Waals surface area contributed by atoms with Crippen LogP contribution in [0.5, 0.6) is 0 Å². The Hall–Kier alpha value is -0.780. The van der Waals surface area contributed by atoms with Gasteiger partial charge in [-0.3, -0.25) is 10.1 Å². The first-order valence-corrected chi connectivity index (χ1v) is 3.47. The van der Waals surface area contributed by atoms with Crippen molar-refractivity contribution in [2.24, 2.45) is 5.73 Å². The number of primary amides is 1. The SMILES string of the molecule is NC(=O)CNC1(C(F)(F)F)CC1. The predicted molar refractivity (Wildman–Crippen MR) is 35.2 cm³/mol. The van der Waals surface area contributed by atoms with Gasteiger partial charge in [-0.25, -0.2) is 0 Å². The summed E-state index contributed by atoms with van der Waals surface area (Å²) in [7, 11) is 0. The lowest BCUT2D eigenvalue weighted by atomic mass is 10.2. The number of carbonyl (C=O) groups excluding carboxylic acids is 1. The maximum atomic E-state index is 12.1. The first kappa shape index (κ1) is 9.31. The third-order valence-corrected chi connectivity index (χ3v) is 1.89. The molecule has 0 aromatic rings. The lowest BCUT2D eigenvalue weighted by molar-refractivity contribution is -0.166. The largest absolute Gasteiger partial charge is 0.406 e. The van der Waals surface area contributed by atoms with Gasteiger partial charge in [0.05, 0.1) is 6.54 Å². The highest BCUT2D eigenvalue weighted by Crippen LogP contribution is 2.48. The minimum Gasteiger partial charge on any atom is -0.369 e. The Balaban J connectivity index is 2.46. The molecule has 3 N–H and O–H groups in total. The number of rotatable bonds is 3. The second kappa shape index (κ2) is 2.62. The molecular weight excluding hydrogens is 173 g/mol. The maximum Gasteiger partial charge on any atom is 0.406 e. The lowest BCUT2D eigenvalue weighted by Gasteiger charge is -2.19. The van der Waals surface area contributed by atoms with Crippen molar-refractivity contribution < 1.29 is 18.0 Å². The first-order chi connectivity index (χ1) is 5.37. The molecule has 1 aliphatic rings. The van der Waals surface area contributed by atoms with Gasteiger partial charge >= 0.3 is 6.18 Å². The zero-order chi connectivity index (χ0) is 9.41. The number of halogens is 3. The van der Waals surface area contributed by atoms with Gasteiger partial charge in [0.1, 0.15) is 5.54 Å². The Morgan fingerprint density at radius 2 is 2.00 bits per heavy atom. The zero-order valence-corrected chi connectivity index (χ0v) is 6.24. The number of hydrogen-bond donors (Lipinski definition) is 2. The van der Waals surface area contributed by atoms with Crippen LogP contribution in [0.2, 0.25) is 0 Å². The van der Waals surface area contributed by atoms with Crippen LogP contribution in [-0.2, 0) is 4.79 Å². The normalized spacial score (nSPS) is 20.6. The summed E-state index contributed by atoms with van der Waals surface area (Å²) in [5.74, 6) is -0.773. The molecule has 1 fully saturated rings. The fourth-order valence-corrected chi connectivity index (χ4v) is 0.942. The van der Waals surface area contributed by atoms with Crippen LogP contribution >= 0.6 is 0 Å². The van der Waals surface area contributed by atoms with Gasteiger partial charge in [0.25, 0.3) is 0 Å². The third-order valence-electron chi connectivity index (χ3n) is 1.89. The van der Waals surface area contributed by atoms with Gasteiger partial charge in [0.15, 0.2) is 0 Å². The van der Waals surface area contributed by atoms with Crippen molar-refractivity contribution in [3.8, 4) is 0 Å². The molecule has 70 valence electrons. The Bertz CT molecular complexity index is 197. The quantitative estimate of drug-likeness (QED) is 0.653. The van der Waals surface area contributed by atoms with Gasteiger partial charge in [-0.15, -0.1) is 0 Å². The van der Waals surface area contributed by atoms with Crippen LogP contribution in [-0.4, -0.2) is 24.2 Å². The van der Waals surface area contributed by atoms with Crippen molar-refractivity contribution >= 4 is 5.91 Å². The molecule has 0 unspecified atom stereocenters. The fraction of sp³-hybridized carbons (Fsp3) is 0.833. The van der Waals surface area contributed by atoms with Crippen molar-refractivity contribution in [1.82, 2.24) is 5.32 Å². The molecule has 6 heteroatoms. The van der Waals surface area contributed by atoms with Gasteiger partial charge in [0, 0.05) is 0 Å². The zero-order valence-electron chi connectivity index (χ0n) is 6.24. The molecule has 1 rings (SSSR count). The van der Waals surface area contributed by atoms with E-state index in [0.29, 0.717) is 0 Å². The summed E-state index contributed by atoms with van der Waals surface area (Å²) in [4.78, 5) is 10.2. The van der Waals surface area contributed by atoms with E-state index in [0.717, 1.165) is 0 Å². The van der Waals surface area contributed by atoms with Crippen molar-refractivity contribution in [2.75, 3.05) is 6.54 Å². The molecule has 1 aliphatic carbocycles. The van der Waals surface area contributed by atoms with Crippen LogP contribution in [0.3, 0.4) is 0 Å². The monoisotopic (exact) mass is 182 g/mol. The van der Waals surface area contributed by atoms with Crippen molar-refractivity contribution in [2.45, 2.75) is 24.6 Å². The van der Waals surface area contributed by atoms with E-state index in [9.17, 15) is 18.0 Å². The van der Waals surface area contributed by atoms with Gasteiger partial charge in [0.2, 0.25) is 5.91 Å². The van der Waals surface area contributed by atoms with Crippen LogP contribution < -0.4 is 11.1 Å². The third kappa shape index (κ3) is 1.69. The Labute approximate surface area is 67.1 Å². The average Bonchev–Trinajstić information content (AvgIpc) is 2.60. The molecule has 0 spiro atoms. The molecule has 0 atom stereocenters. The lowest BCUT2D eigenvalue weighted by Crippen LogP contribution is -2.47. The van der Waals surface area contributed by atoms with Crippen molar-refractivity contribution in [3.63, 3.8) is 0 Å². The van der Waals surface area contributed by atoms with E-state index < -0.39 is 24.2 Å². The predicted octanol–water partition coefficient (Wildman–Crippen LogP) is 0.156. The first-order valence-electron chi connectivity index (χ1n) is 3.47. The van der Waals surface area contributed by atoms with Crippen LogP contribution in [0.1, 0.15) is 12.8 Å². The molecule has 0 heterocycles. The van der Waals surface area contributed by atoms with E-state index in [1.807, 2.05) is 0 Å². The maximum absolute atomic E-state index is 12.1. The number of alkyl halides is 3. The molecule has 0 saturated heterocycles. The number of nitrogens with two attached hydrogens (primary N) is 1. The van der Waals surface area contributed by atoms with Gasteiger partial charge in [-0.05, 0) is 12.8 Å². The number of amides is 1. The number of hydrogen-bond acceptors (Lipinski definition) is 2. The summed E-state index contributed by atoms with van der Waals surface area (Å²) in [5.41, 5.74) is 2.87. The minimum absolute atomic E-state index is 0.0315. The second-order valence-electron chi connectivity index (χ2n) is 2.90. The summed E-state index contributed by atoms with van der Waals surface area (Å²) in [5, 5.41) is 2.11. The summed E-state index contributed by atoms with van der Waals surface area (Å²) in [6.07, 6.45) is -4.21. The van der Waals surface area contributed by atoms with Crippen molar-refractivity contribution in [3.05, 3.63) is 0 Å². The molecule has 0 radical (unpaired) electrons. The highest BCUT2D eigenvalue weighted by atomic mass is 19.4. The smallest absolute Gasteiger partial charge is 0.369 e. The van der Waals surface area contributed by atoms with Crippen LogP contribution in [0, 0.1) is 0 Å². The standard InChI is InChI=1S/C6H9F3N2O/c7-6(8,9)5(1-2-5)11-3-4(10)12/h11H,1-3H2,(H2,10,12). The molecule has 0 aromatic heterocycles. The molecule has 1 amide bonds. The molecule has 0 aromatic carbocycles. The highest BCUT2D eigenvalue weighted by molar-refractivity contribution is 5.76. The summed E-state index contributed by atoms with van der Waals surface area (Å²) in [6, 6.07) is 0. The van der Waals surface area contributed by atoms with Crippen molar-refractivity contribution in [1.29, 1.82) is 0 Å². The van der Waals surface area contributed by atoms with Gasteiger partial charge in [-0.2, -0.15) is 13.2 Å². The summed E-state index contributed by atoms with van der Waals surface area (Å²) >= 11 is 0. The Morgan fingerprint density at radius 1 is 1.50 bits per heavy atom. The van der Waals surface area contributed by atoms with E-state index in [-0.39, 0.29) is 12.8 Å². The second-order valence-corrected chi connectivity index (χ2v) is 2.90. The van der Waals surface area contributed by atoms with E-state index >= 15 is 0 Å². The molecule has 0 aliphatic heterocycles. The highest BCUT2D eigenvalue weighted by Gasteiger charge is 2.63. The van der Waals surface area contributed by atoms with E-state index in [1.54, 1.807) is 0 Å². The summed E-state index contributed by atoms with van der Waals surface area (Å²) in [6.45, 7) is -0.417. The van der Waals surface area contributed by atoms with Crippen LogP contribution in [0.4, 0.5) is 13.2 Å². The molecule has 3 nitrogen and oxygen atoms in total. The minimum atomic E-state index is -4.28. The molecule has 12 heavy (non-hydrogen) atoms. The van der Waals surface area contributed by atoms with Crippen LogP contribution in [0.15, 0.2) is 0 Å². The van der Waals surface area contributed by atoms with Gasteiger partial charge < -0.3 is 5.73 Å². The summed E-state index contributed by atoms with van der Waals surface area (Å²) < 4.78 is 36.4. The Morgan fingerprint density at radius 3 is 2.25 bits per heavy atom. The van der Waals surface area contributed by atoms with Crippen LogP contribution in [0.25, 0.3) is 0 Å². The fourth-order valence-electron chi connectivity index (χ4n) is 0.942. The molecule has 1 saturated carbocycles. The number of carbonyl (C=O) groups is 1. The van der Waals surface area contributed by atoms with E-state index in [2.05, 4.69) is 5.32 Å². The Kier molecular flexibility index (Phi) is 2.03.